The summed E-state index contributed by atoms with van der Waals surface area (Å²) in [6.07, 6.45) is 11.0. The van der Waals surface area contributed by atoms with Gasteiger partial charge in [0.05, 0.1) is 11.8 Å². The fourth-order valence-electron chi connectivity index (χ4n) is 7.52. The van der Waals surface area contributed by atoms with Gasteiger partial charge in [-0.3, -0.25) is 0 Å². The number of likely N-dealkylation sites (N-methyl/N-ethyl adjacent to an activating group) is 1. The van der Waals surface area contributed by atoms with Gasteiger partial charge in [-0.2, -0.15) is 0 Å². The van der Waals surface area contributed by atoms with Crippen LogP contribution in [0.15, 0.2) is 5.16 Å². The second-order valence-corrected chi connectivity index (χ2v) is 10.8. The van der Waals surface area contributed by atoms with Crippen molar-refractivity contribution in [3.8, 4) is 0 Å². The molecule has 0 saturated heterocycles. The number of aliphatic hydroxyl groups is 1. The van der Waals surface area contributed by atoms with Crippen LogP contribution < -0.4 is 0 Å². The summed E-state index contributed by atoms with van der Waals surface area (Å²) in [7, 11) is 4.15. The topological polar surface area (TPSA) is 45.1 Å². The van der Waals surface area contributed by atoms with Gasteiger partial charge in [-0.1, -0.05) is 19.0 Å². The first-order valence-corrected chi connectivity index (χ1v) is 11.4. The largest absolute Gasteiger partial charge is 0.394 e. The predicted octanol–water partition coefficient (Wildman–Crippen LogP) is 4.32. The Bertz CT molecular complexity index is 577. The van der Waals surface area contributed by atoms with E-state index in [1.54, 1.807) is 0 Å². The minimum atomic E-state index is -0.0435. The molecule has 7 atom stereocenters. The minimum absolute atomic E-state index is 0.0435. The van der Waals surface area contributed by atoms with E-state index < -0.39 is 0 Å². The zero-order valence-corrected chi connectivity index (χ0v) is 17.9. The molecule has 27 heavy (non-hydrogen) atoms. The van der Waals surface area contributed by atoms with Gasteiger partial charge in [0.1, 0.15) is 6.61 Å². The molecule has 0 heterocycles. The maximum atomic E-state index is 10.2. The Labute approximate surface area is 165 Å². The molecular weight excluding hydrogens is 336 g/mol. The van der Waals surface area contributed by atoms with Crippen molar-refractivity contribution >= 4 is 5.71 Å². The Morgan fingerprint density at radius 2 is 1.89 bits per heavy atom. The van der Waals surface area contributed by atoms with E-state index in [-0.39, 0.29) is 11.5 Å². The molecule has 0 radical (unpaired) electrons. The molecule has 0 aromatic carbocycles. The van der Waals surface area contributed by atoms with Gasteiger partial charge >= 0.3 is 0 Å². The molecule has 4 rings (SSSR count). The van der Waals surface area contributed by atoms with Gasteiger partial charge in [-0.05, 0) is 101 Å². The van der Waals surface area contributed by atoms with Crippen LogP contribution in [0.2, 0.25) is 0 Å². The predicted molar refractivity (Wildman–Crippen MR) is 110 cm³/mol. The molecule has 0 aliphatic heterocycles. The Hall–Kier alpha value is -0.610. The molecular formula is C23H40N2O2. The van der Waals surface area contributed by atoms with Crippen molar-refractivity contribution in [1.82, 2.24) is 4.90 Å². The Kier molecular flexibility index (Phi) is 5.35. The summed E-state index contributed by atoms with van der Waals surface area (Å²) < 4.78 is 0. The highest BCUT2D eigenvalue weighted by Gasteiger charge is 2.59. The van der Waals surface area contributed by atoms with Gasteiger partial charge < -0.3 is 14.8 Å². The Morgan fingerprint density at radius 3 is 2.67 bits per heavy atom. The zero-order valence-electron chi connectivity index (χ0n) is 17.9. The number of hydrogen-bond donors (Lipinski definition) is 1. The highest BCUT2D eigenvalue weighted by Crippen LogP contribution is 2.65. The summed E-state index contributed by atoms with van der Waals surface area (Å²) in [5.74, 6) is 3.25. The van der Waals surface area contributed by atoms with Crippen LogP contribution in [-0.2, 0) is 4.84 Å². The average molecular weight is 377 g/mol. The van der Waals surface area contributed by atoms with Gasteiger partial charge in [-0.15, -0.1) is 0 Å². The van der Waals surface area contributed by atoms with E-state index in [1.165, 1.54) is 44.2 Å². The molecule has 4 aliphatic rings. The molecule has 4 aliphatic carbocycles. The lowest BCUT2D eigenvalue weighted by Crippen LogP contribution is -2.54. The van der Waals surface area contributed by atoms with E-state index in [1.807, 2.05) is 0 Å². The van der Waals surface area contributed by atoms with Crippen LogP contribution in [0.25, 0.3) is 0 Å². The second kappa shape index (κ2) is 7.33. The Balaban J connectivity index is 1.48. The molecule has 4 nitrogen and oxygen atoms in total. The number of fused-ring (bicyclic) bond motifs is 5. The van der Waals surface area contributed by atoms with Crippen LogP contribution in [-0.4, -0.2) is 49.1 Å². The summed E-state index contributed by atoms with van der Waals surface area (Å²) in [5.41, 5.74) is 2.07. The van der Waals surface area contributed by atoms with Gasteiger partial charge in [0.15, 0.2) is 0 Å². The van der Waals surface area contributed by atoms with Crippen LogP contribution in [0.1, 0.15) is 71.6 Å². The normalized spacial score (nSPS) is 48.2. The maximum Gasteiger partial charge on any atom is 0.129 e. The molecule has 0 spiro atoms. The number of rotatable bonds is 4. The van der Waals surface area contributed by atoms with E-state index in [0.717, 1.165) is 49.5 Å². The quantitative estimate of drug-likeness (QED) is 0.587. The van der Waals surface area contributed by atoms with Crippen molar-refractivity contribution < 1.29 is 9.94 Å². The smallest absolute Gasteiger partial charge is 0.129 e. The molecule has 154 valence electrons. The first-order chi connectivity index (χ1) is 12.8. The van der Waals surface area contributed by atoms with E-state index >= 15 is 0 Å². The lowest BCUT2D eigenvalue weighted by molar-refractivity contribution is -0.114. The molecule has 0 amide bonds. The van der Waals surface area contributed by atoms with Crippen LogP contribution in [0.3, 0.4) is 0 Å². The van der Waals surface area contributed by atoms with Crippen molar-refractivity contribution in [2.75, 3.05) is 27.2 Å². The Morgan fingerprint density at radius 1 is 1.07 bits per heavy atom. The van der Waals surface area contributed by atoms with Crippen molar-refractivity contribution in [1.29, 1.82) is 0 Å². The average Bonchev–Trinajstić information content (AvgIpc) is 2.96. The van der Waals surface area contributed by atoms with Crippen LogP contribution in [0.4, 0.5) is 0 Å². The molecule has 0 aromatic rings. The first-order valence-electron chi connectivity index (χ1n) is 11.4. The molecule has 1 N–H and O–H groups in total. The lowest BCUT2D eigenvalue weighted by Gasteiger charge is -2.60. The summed E-state index contributed by atoms with van der Waals surface area (Å²) in [6.45, 7) is 6.66. The van der Waals surface area contributed by atoms with E-state index in [2.05, 4.69) is 38.0 Å². The van der Waals surface area contributed by atoms with Crippen molar-refractivity contribution in [2.24, 2.45) is 39.7 Å². The van der Waals surface area contributed by atoms with Crippen LogP contribution in [0, 0.1) is 34.5 Å². The van der Waals surface area contributed by atoms with E-state index in [4.69, 9.17) is 4.84 Å². The number of hydrogen-bond acceptors (Lipinski definition) is 4. The zero-order chi connectivity index (χ0) is 19.2. The molecule has 0 aromatic heterocycles. The highest BCUT2D eigenvalue weighted by atomic mass is 16.6. The van der Waals surface area contributed by atoms with Gasteiger partial charge in [0.25, 0.3) is 0 Å². The number of nitrogens with zero attached hydrogens (tertiary/aromatic N) is 2. The third-order valence-corrected chi connectivity index (χ3v) is 9.18. The summed E-state index contributed by atoms with van der Waals surface area (Å²) in [4.78, 5) is 7.86. The minimum Gasteiger partial charge on any atom is -0.394 e. The van der Waals surface area contributed by atoms with Gasteiger partial charge in [0, 0.05) is 12.0 Å². The highest BCUT2D eigenvalue weighted by molar-refractivity contribution is 5.92. The third kappa shape index (κ3) is 3.35. The first kappa shape index (κ1) is 19.7. The fraction of sp³-hybridized carbons (Fsp3) is 0.957. The standard InChI is InChI=1S/C23H40N2O2/c1-22-11-9-17(26)15-16(22)5-6-18-19-7-8-21(24-27-14-13-25(3)4)23(19,2)12-10-20(18)22/h16-20,26H,5-15H2,1-4H3/b24-21-/t16-,17+,18-,19+,20+,22-,23-/m0/s1. The molecule has 4 fully saturated rings. The van der Waals surface area contributed by atoms with Crippen LogP contribution in [0.5, 0.6) is 0 Å². The summed E-state index contributed by atoms with van der Waals surface area (Å²) >= 11 is 0. The lowest BCUT2D eigenvalue weighted by atomic mass is 9.45. The molecule has 4 heteroatoms. The van der Waals surface area contributed by atoms with E-state index in [0.29, 0.717) is 12.0 Å². The third-order valence-electron chi connectivity index (χ3n) is 9.18. The van der Waals surface area contributed by atoms with Gasteiger partial charge in [-0.25, -0.2) is 0 Å². The fourth-order valence-corrected chi connectivity index (χ4v) is 7.52. The SMILES string of the molecule is CN(C)CCO/N=C1/CC[C@@H]2[C@@H]3CC[C@H]4C[C@H](O)CC[C@]4(C)[C@@H]3CC[C@]12C. The number of oxime groups is 1. The number of aliphatic hydroxyl groups excluding tert-OH is 1. The van der Waals surface area contributed by atoms with Crippen molar-refractivity contribution in [3.63, 3.8) is 0 Å². The van der Waals surface area contributed by atoms with Gasteiger partial charge in [0.2, 0.25) is 0 Å². The maximum absolute atomic E-state index is 10.2. The summed E-state index contributed by atoms with van der Waals surface area (Å²) in [5, 5.41) is 14.8. The molecule has 0 bridgehead atoms. The molecule has 4 saturated carbocycles. The summed E-state index contributed by atoms with van der Waals surface area (Å²) in [6, 6.07) is 0. The second-order valence-electron chi connectivity index (χ2n) is 10.8. The van der Waals surface area contributed by atoms with Crippen molar-refractivity contribution in [3.05, 3.63) is 0 Å². The van der Waals surface area contributed by atoms with Crippen molar-refractivity contribution in [2.45, 2.75) is 77.7 Å². The monoisotopic (exact) mass is 376 g/mol. The molecule has 0 unspecified atom stereocenters. The van der Waals surface area contributed by atoms with Crippen LogP contribution >= 0.6 is 0 Å². The van der Waals surface area contributed by atoms with E-state index in [9.17, 15) is 5.11 Å².